The summed E-state index contributed by atoms with van der Waals surface area (Å²) in [5, 5.41) is 12.8. The number of hydrogen-bond acceptors (Lipinski definition) is 3. The van der Waals surface area contributed by atoms with Gasteiger partial charge >= 0.3 is 0 Å². The van der Waals surface area contributed by atoms with Crippen LogP contribution in [-0.2, 0) is 6.42 Å². The van der Waals surface area contributed by atoms with E-state index in [-0.39, 0.29) is 0 Å². The van der Waals surface area contributed by atoms with Gasteiger partial charge in [0, 0.05) is 13.1 Å². The molecule has 1 unspecified atom stereocenters. The molecule has 3 heteroatoms. The summed E-state index contributed by atoms with van der Waals surface area (Å²) in [6.45, 7) is 6.21. The van der Waals surface area contributed by atoms with Crippen LogP contribution in [0, 0.1) is 5.41 Å². The number of nitrogens with one attached hydrogen (secondary N) is 1. The predicted molar refractivity (Wildman–Crippen MR) is 77.4 cm³/mol. The van der Waals surface area contributed by atoms with E-state index in [1.54, 1.807) is 12.1 Å². The van der Waals surface area contributed by atoms with Crippen molar-refractivity contribution in [3.05, 3.63) is 29.8 Å². The van der Waals surface area contributed by atoms with Crippen LogP contribution in [-0.4, -0.2) is 42.7 Å². The van der Waals surface area contributed by atoms with Crippen LogP contribution in [0.5, 0.6) is 5.75 Å². The van der Waals surface area contributed by atoms with Crippen LogP contribution in [0.4, 0.5) is 0 Å². The Morgan fingerprint density at radius 2 is 2.05 bits per heavy atom. The molecule has 1 spiro atoms. The van der Waals surface area contributed by atoms with Crippen molar-refractivity contribution in [2.75, 3.05) is 32.7 Å². The van der Waals surface area contributed by atoms with Crippen molar-refractivity contribution in [1.29, 1.82) is 0 Å². The van der Waals surface area contributed by atoms with Crippen LogP contribution in [0.1, 0.15) is 24.8 Å². The second kappa shape index (κ2) is 5.51. The molecule has 2 heterocycles. The van der Waals surface area contributed by atoms with E-state index in [2.05, 4.69) is 10.2 Å². The maximum atomic E-state index is 9.26. The first-order valence-corrected chi connectivity index (χ1v) is 7.47. The van der Waals surface area contributed by atoms with Gasteiger partial charge in [0.15, 0.2) is 0 Å². The second-order valence-corrected chi connectivity index (χ2v) is 6.22. The molecule has 0 amide bonds. The van der Waals surface area contributed by atoms with Gasteiger partial charge in [-0.05, 0) is 68.4 Å². The lowest BCUT2D eigenvalue weighted by atomic mass is 9.87. The number of phenols is 1. The van der Waals surface area contributed by atoms with Gasteiger partial charge in [0.05, 0.1) is 0 Å². The van der Waals surface area contributed by atoms with E-state index in [1.807, 2.05) is 12.1 Å². The maximum Gasteiger partial charge on any atom is 0.115 e. The zero-order valence-electron chi connectivity index (χ0n) is 11.6. The molecule has 0 saturated carbocycles. The zero-order valence-corrected chi connectivity index (χ0v) is 11.6. The zero-order chi connectivity index (χ0) is 13.1. The average Bonchev–Trinajstić information content (AvgIpc) is 3.03. The molecular formula is C16H24N2O. The Balaban J connectivity index is 1.42. The summed E-state index contributed by atoms with van der Waals surface area (Å²) in [5.41, 5.74) is 1.92. The fraction of sp³-hybridized carbons (Fsp3) is 0.625. The quantitative estimate of drug-likeness (QED) is 0.869. The van der Waals surface area contributed by atoms with E-state index in [0.29, 0.717) is 11.2 Å². The highest BCUT2D eigenvalue weighted by Crippen LogP contribution is 2.35. The smallest absolute Gasteiger partial charge is 0.115 e. The Kier molecular flexibility index (Phi) is 3.76. The molecule has 1 aromatic rings. The molecule has 1 atom stereocenters. The molecular weight excluding hydrogens is 236 g/mol. The minimum absolute atomic E-state index is 0.360. The maximum absolute atomic E-state index is 9.26. The number of nitrogens with zero attached hydrogens (tertiary/aromatic N) is 1. The number of benzene rings is 1. The van der Waals surface area contributed by atoms with Crippen molar-refractivity contribution in [3.8, 4) is 5.75 Å². The highest BCUT2D eigenvalue weighted by Gasteiger charge is 2.39. The fourth-order valence-corrected chi connectivity index (χ4v) is 3.53. The molecule has 0 aliphatic carbocycles. The van der Waals surface area contributed by atoms with Gasteiger partial charge < -0.3 is 15.3 Å². The molecule has 2 fully saturated rings. The first kappa shape index (κ1) is 12.9. The molecule has 1 aromatic carbocycles. The lowest BCUT2D eigenvalue weighted by Crippen LogP contribution is -2.29. The molecule has 3 nitrogen and oxygen atoms in total. The van der Waals surface area contributed by atoms with Crippen LogP contribution in [0.25, 0.3) is 0 Å². The van der Waals surface area contributed by atoms with Crippen molar-refractivity contribution in [2.24, 2.45) is 5.41 Å². The topological polar surface area (TPSA) is 35.5 Å². The summed E-state index contributed by atoms with van der Waals surface area (Å²) in [6.07, 6.45) is 5.07. The van der Waals surface area contributed by atoms with Crippen molar-refractivity contribution in [2.45, 2.75) is 25.7 Å². The van der Waals surface area contributed by atoms with E-state index in [4.69, 9.17) is 0 Å². The largest absolute Gasteiger partial charge is 0.508 e. The summed E-state index contributed by atoms with van der Waals surface area (Å²) in [4.78, 5) is 2.63. The van der Waals surface area contributed by atoms with Gasteiger partial charge in [0.1, 0.15) is 5.75 Å². The molecule has 104 valence electrons. The minimum Gasteiger partial charge on any atom is -0.508 e. The summed E-state index contributed by atoms with van der Waals surface area (Å²) in [6, 6.07) is 7.62. The Labute approximate surface area is 115 Å². The third-order valence-electron chi connectivity index (χ3n) is 4.73. The van der Waals surface area contributed by atoms with E-state index in [9.17, 15) is 5.11 Å². The Morgan fingerprint density at radius 3 is 2.79 bits per heavy atom. The molecule has 3 rings (SSSR count). The van der Waals surface area contributed by atoms with Gasteiger partial charge in [-0.15, -0.1) is 0 Å². The number of likely N-dealkylation sites (tertiary alicyclic amines) is 1. The SMILES string of the molecule is Oc1ccc(CCCN2CCC3(CCNC3)C2)cc1. The lowest BCUT2D eigenvalue weighted by Gasteiger charge is -2.22. The summed E-state index contributed by atoms with van der Waals surface area (Å²) < 4.78 is 0. The Hall–Kier alpha value is -1.06. The molecule has 0 aromatic heterocycles. The van der Waals surface area contributed by atoms with Gasteiger partial charge in [-0.25, -0.2) is 0 Å². The third kappa shape index (κ3) is 3.10. The standard InChI is InChI=1S/C16H24N2O/c19-15-5-3-14(4-6-15)2-1-10-18-11-8-16(13-18)7-9-17-12-16/h3-6,17,19H,1-2,7-13H2. The molecule has 2 aliphatic heterocycles. The highest BCUT2D eigenvalue weighted by molar-refractivity contribution is 5.25. The van der Waals surface area contributed by atoms with E-state index < -0.39 is 0 Å². The van der Waals surface area contributed by atoms with Crippen molar-refractivity contribution >= 4 is 0 Å². The number of rotatable bonds is 4. The van der Waals surface area contributed by atoms with Gasteiger partial charge in [-0.3, -0.25) is 0 Å². The molecule has 2 N–H and O–H groups in total. The first-order valence-electron chi connectivity index (χ1n) is 7.47. The molecule has 19 heavy (non-hydrogen) atoms. The van der Waals surface area contributed by atoms with Crippen LogP contribution in [0.3, 0.4) is 0 Å². The molecule has 2 aliphatic rings. The van der Waals surface area contributed by atoms with Crippen molar-refractivity contribution in [1.82, 2.24) is 10.2 Å². The van der Waals surface area contributed by atoms with E-state index in [0.717, 1.165) is 6.42 Å². The van der Waals surface area contributed by atoms with Gasteiger partial charge in [0.25, 0.3) is 0 Å². The molecule has 0 radical (unpaired) electrons. The predicted octanol–water partition coefficient (Wildman–Crippen LogP) is 2.01. The minimum atomic E-state index is 0.360. The average molecular weight is 260 g/mol. The number of hydrogen-bond donors (Lipinski definition) is 2. The normalized spacial score (nSPS) is 27.4. The van der Waals surface area contributed by atoms with Gasteiger partial charge in [-0.2, -0.15) is 0 Å². The van der Waals surface area contributed by atoms with Crippen molar-refractivity contribution < 1.29 is 5.11 Å². The number of aryl methyl sites for hydroxylation is 1. The van der Waals surface area contributed by atoms with Crippen LogP contribution in [0.2, 0.25) is 0 Å². The van der Waals surface area contributed by atoms with Crippen LogP contribution < -0.4 is 5.32 Å². The van der Waals surface area contributed by atoms with Crippen LogP contribution in [0.15, 0.2) is 24.3 Å². The number of phenolic OH excluding ortho intramolecular Hbond substituents is 1. The highest BCUT2D eigenvalue weighted by atomic mass is 16.3. The Morgan fingerprint density at radius 1 is 1.21 bits per heavy atom. The summed E-state index contributed by atoms with van der Waals surface area (Å²) >= 11 is 0. The monoisotopic (exact) mass is 260 g/mol. The fourth-order valence-electron chi connectivity index (χ4n) is 3.53. The van der Waals surface area contributed by atoms with Crippen LogP contribution >= 0.6 is 0 Å². The van der Waals surface area contributed by atoms with Gasteiger partial charge in [0.2, 0.25) is 0 Å². The third-order valence-corrected chi connectivity index (χ3v) is 4.73. The second-order valence-electron chi connectivity index (χ2n) is 6.22. The summed E-state index contributed by atoms with van der Waals surface area (Å²) in [5.74, 6) is 0.360. The molecule has 0 bridgehead atoms. The molecule has 2 saturated heterocycles. The number of aromatic hydroxyl groups is 1. The van der Waals surface area contributed by atoms with E-state index in [1.165, 1.54) is 57.5 Å². The van der Waals surface area contributed by atoms with E-state index >= 15 is 0 Å². The Bertz CT molecular complexity index is 409. The lowest BCUT2D eigenvalue weighted by molar-refractivity contribution is 0.272. The van der Waals surface area contributed by atoms with Crippen molar-refractivity contribution in [3.63, 3.8) is 0 Å². The summed E-state index contributed by atoms with van der Waals surface area (Å²) in [7, 11) is 0. The first-order chi connectivity index (χ1) is 9.26. The van der Waals surface area contributed by atoms with Gasteiger partial charge in [-0.1, -0.05) is 12.1 Å².